The molecule has 1 saturated carbocycles. The van der Waals surface area contributed by atoms with Crippen molar-refractivity contribution in [3.8, 4) is 0 Å². The average Bonchev–Trinajstić information content (AvgIpc) is 2.28. The van der Waals surface area contributed by atoms with Gasteiger partial charge in [-0.3, -0.25) is 4.79 Å². The van der Waals surface area contributed by atoms with Gasteiger partial charge in [0.2, 0.25) is 5.91 Å². The van der Waals surface area contributed by atoms with Crippen molar-refractivity contribution in [2.24, 2.45) is 17.4 Å². The van der Waals surface area contributed by atoms with E-state index in [-0.39, 0.29) is 12.0 Å². The number of carbonyl (C=O) groups excluding carboxylic acids is 1. The van der Waals surface area contributed by atoms with Crippen molar-refractivity contribution < 1.29 is 14.3 Å². The highest BCUT2D eigenvalue weighted by Gasteiger charge is 2.23. The molecular weight excluding hydrogens is 220 g/mol. The van der Waals surface area contributed by atoms with Crippen LogP contribution in [-0.4, -0.2) is 38.4 Å². The van der Waals surface area contributed by atoms with Gasteiger partial charge in [-0.25, -0.2) is 0 Å². The maximum absolute atomic E-state index is 10.9. The van der Waals surface area contributed by atoms with Gasteiger partial charge in [-0.2, -0.15) is 0 Å². The molecule has 1 fully saturated rings. The summed E-state index contributed by atoms with van der Waals surface area (Å²) >= 11 is 0. The number of hydrogen-bond donors (Lipinski definition) is 2. The lowest BCUT2D eigenvalue weighted by Crippen LogP contribution is -2.27. The predicted octanol–water partition coefficient (Wildman–Crippen LogP) is 0.412. The second-order valence-electron chi connectivity index (χ2n) is 4.60. The van der Waals surface area contributed by atoms with Crippen LogP contribution >= 0.6 is 0 Å². The van der Waals surface area contributed by atoms with Gasteiger partial charge in [0.05, 0.1) is 25.9 Å². The summed E-state index contributed by atoms with van der Waals surface area (Å²) in [7, 11) is 0. The molecule has 17 heavy (non-hydrogen) atoms. The van der Waals surface area contributed by atoms with Gasteiger partial charge in [-0.1, -0.05) is 6.42 Å². The summed E-state index contributed by atoms with van der Waals surface area (Å²) in [5.41, 5.74) is 10.5. The van der Waals surface area contributed by atoms with Gasteiger partial charge in [-0.15, -0.1) is 0 Å². The second kappa shape index (κ2) is 8.44. The van der Waals surface area contributed by atoms with Crippen LogP contribution in [0.4, 0.5) is 0 Å². The average molecular weight is 244 g/mol. The number of rotatable bonds is 8. The first-order valence-electron chi connectivity index (χ1n) is 6.40. The lowest BCUT2D eigenvalue weighted by molar-refractivity contribution is -0.119. The highest BCUT2D eigenvalue weighted by atomic mass is 16.5. The SMILES string of the molecule is NCCOCCO[C@H]1CCC[C@@H](CC(N)=O)C1. The predicted molar refractivity (Wildman–Crippen MR) is 65.4 cm³/mol. The number of amides is 1. The van der Waals surface area contributed by atoms with Crippen LogP contribution in [0.25, 0.3) is 0 Å². The molecule has 0 aromatic rings. The fraction of sp³-hybridized carbons (Fsp3) is 0.917. The van der Waals surface area contributed by atoms with E-state index in [2.05, 4.69) is 0 Å². The van der Waals surface area contributed by atoms with Gasteiger partial charge in [-0.05, 0) is 25.2 Å². The third-order valence-corrected chi connectivity index (χ3v) is 3.07. The van der Waals surface area contributed by atoms with Crippen LogP contribution in [0.5, 0.6) is 0 Å². The summed E-state index contributed by atoms with van der Waals surface area (Å²) in [4.78, 5) is 10.9. The minimum Gasteiger partial charge on any atom is -0.378 e. The van der Waals surface area contributed by atoms with Crippen LogP contribution < -0.4 is 11.5 Å². The first kappa shape index (κ1) is 14.4. The Morgan fingerprint density at radius 3 is 2.76 bits per heavy atom. The Hall–Kier alpha value is -0.650. The van der Waals surface area contributed by atoms with E-state index in [1.807, 2.05) is 0 Å². The first-order valence-corrected chi connectivity index (χ1v) is 6.40. The smallest absolute Gasteiger partial charge is 0.217 e. The highest BCUT2D eigenvalue weighted by molar-refractivity contribution is 5.73. The Kier molecular flexibility index (Phi) is 7.16. The highest BCUT2D eigenvalue weighted by Crippen LogP contribution is 2.28. The standard InChI is InChI=1S/C12H24N2O3/c13-4-5-16-6-7-17-11-3-1-2-10(8-11)9-12(14)15/h10-11H,1-9,13H2,(H2,14,15)/t10-,11+/m1/s1. The Bertz CT molecular complexity index is 224. The molecule has 1 aliphatic rings. The van der Waals surface area contributed by atoms with E-state index in [9.17, 15) is 4.79 Å². The van der Waals surface area contributed by atoms with Crippen LogP contribution in [0, 0.1) is 5.92 Å². The van der Waals surface area contributed by atoms with Crippen LogP contribution in [0.15, 0.2) is 0 Å². The Labute approximate surface area is 103 Å². The molecule has 0 unspecified atom stereocenters. The molecule has 5 heteroatoms. The van der Waals surface area contributed by atoms with Gasteiger partial charge in [0, 0.05) is 13.0 Å². The molecule has 0 heterocycles. The normalized spacial score (nSPS) is 24.8. The minimum atomic E-state index is -0.207. The Balaban J connectivity index is 2.09. The maximum atomic E-state index is 10.9. The zero-order valence-corrected chi connectivity index (χ0v) is 10.4. The van der Waals surface area contributed by atoms with Crippen LogP contribution in [0.3, 0.4) is 0 Å². The van der Waals surface area contributed by atoms with E-state index in [4.69, 9.17) is 20.9 Å². The fourth-order valence-corrected chi connectivity index (χ4v) is 2.32. The molecular formula is C12H24N2O3. The van der Waals surface area contributed by atoms with Crippen molar-refractivity contribution in [3.63, 3.8) is 0 Å². The van der Waals surface area contributed by atoms with Crippen molar-refractivity contribution in [1.29, 1.82) is 0 Å². The van der Waals surface area contributed by atoms with Crippen molar-refractivity contribution in [3.05, 3.63) is 0 Å². The Morgan fingerprint density at radius 1 is 1.24 bits per heavy atom. The largest absolute Gasteiger partial charge is 0.378 e. The Morgan fingerprint density at radius 2 is 2.06 bits per heavy atom. The van der Waals surface area contributed by atoms with E-state index in [0.717, 1.165) is 25.7 Å². The van der Waals surface area contributed by atoms with E-state index in [1.165, 1.54) is 0 Å². The second-order valence-corrected chi connectivity index (χ2v) is 4.60. The fourth-order valence-electron chi connectivity index (χ4n) is 2.32. The first-order chi connectivity index (χ1) is 8.22. The number of nitrogens with two attached hydrogens (primary N) is 2. The minimum absolute atomic E-state index is 0.207. The number of primary amides is 1. The molecule has 1 rings (SSSR count). The summed E-state index contributed by atoms with van der Waals surface area (Å²) in [5.74, 6) is 0.193. The molecule has 4 N–H and O–H groups in total. The van der Waals surface area contributed by atoms with Crippen molar-refractivity contribution >= 4 is 5.91 Å². The van der Waals surface area contributed by atoms with Crippen molar-refractivity contribution in [1.82, 2.24) is 0 Å². The molecule has 1 amide bonds. The third kappa shape index (κ3) is 6.61. The zero-order valence-electron chi connectivity index (χ0n) is 10.4. The lowest BCUT2D eigenvalue weighted by atomic mass is 9.85. The third-order valence-electron chi connectivity index (χ3n) is 3.07. The summed E-state index contributed by atoms with van der Waals surface area (Å²) in [6.45, 7) is 2.32. The topological polar surface area (TPSA) is 87.6 Å². The van der Waals surface area contributed by atoms with Crippen LogP contribution in [-0.2, 0) is 14.3 Å². The van der Waals surface area contributed by atoms with Crippen LogP contribution in [0.1, 0.15) is 32.1 Å². The number of carbonyl (C=O) groups is 1. The molecule has 0 aliphatic heterocycles. The van der Waals surface area contributed by atoms with E-state index in [1.54, 1.807) is 0 Å². The van der Waals surface area contributed by atoms with Crippen LogP contribution in [0.2, 0.25) is 0 Å². The van der Waals surface area contributed by atoms with Crippen molar-refractivity contribution in [2.75, 3.05) is 26.4 Å². The molecule has 0 spiro atoms. The lowest BCUT2D eigenvalue weighted by Gasteiger charge is -2.28. The van der Waals surface area contributed by atoms with Gasteiger partial charge < -0.3 is 20.9 Å². The number of hydrogen-bond acceptors (Lipinski definition) is 4. The molecule has 0 saturated heterocycles. The molecule has 2 atom stereocenters. The summed E-state index contributed by atoms with van der Waals surface area (Å²) in [6, 6.07) is 0. The van der Waals surface area contributed by atoms with Gasteiger partial charge in [0.1, 0.15) is 0 Å². The molecule has 0 aromatic carbocycles. The molecule has 1 aliphatic carbocycles. The monoisotopic (exact) mass is 244 g/mol. The van der Waals surface area contributed by atoms with E-state index in [0.29, 0.717) is 38.7 Å². The molecule has 100 valence electrons. The summed E-state index contributed by atoms with van der Waals surface area (Å²) in [5, 5.41) is 0. The number of ether oxygens (including phenoxy) is 2. The molecule has 0 aromatic heterocycles. The summed E-state index contributed by atoms with van der Waals surface area (Å²) < 4.78 is 11.0. The van der Waals surface area contributed by atoms with Gasteiger partial charge in [0.25, 0.3) is 0 Å². The van der Waals surface area contributed by atoms with Gasteiger partial charge in [0.15, 0.2) is 0 Å². The molecule has 5 nitrogen and oxygen atoms in total. The maximum Gasteiger partial charge on any atom is 0.217 e. The zero-order chi connectivity index (χ0) is 12.5. The van der Waals surface area contributed by atoms with Gasteiger partial charge >= 0.3 is 0 Å². The quantitative estimate of drug-likeness (QED) is 0.605. The molecule has 0 bridgehead atoms. The van der Waals surface area contributed by atoms with E-state index >= 15 is 0 Å². The molecule has 0 radical (unpaired) electrons. The van der Waals surface area contributed by atoms with Crippen molar-refractivity contribution in [2.45, 2.75) is 38.2 Å². The summed E-state index contributed by atoms with van der Waals surface area (Å²) in [6.07, 6.45) is 4.98. The van der Waals surface area contributed by atoms with E-state index < -0.39 is 0 Å².